The number of anilines is 2. The van der Waals surface area contributed by atoms with Crippen LogP contribution in [0.1, 0.15) is 11.3 Å². The van der Waals surface area contributed by atoms with Gasteiger partial charge in [-0.3, -0.25) is 4.98 Å². The Bertz CT molecular complexity index is 449. The van der Waals surface area contributed by atoms with Crippen molar-refractivity contribution >= 4 is 11.4 Å². The van der Waals surface area contributed by atoms with Gasteiger partial charge in [-0.1, -0.05) is 12.1 Å². The zero-order valence-corrected chi connectivity index (χ0v) is 8.35. The van der Waals surface area contributed by atoms with Crippen LogP contribution in [0.4, 0.5) is 11.4 Å². The normalized spacial score (nSPS) is 10.1. The maximum atomic E-state index is 5.68. The summed E-state index contributed by atoms with van der Waals surface area (Å²) in [5.74, 6) is 0. The van der Waals surface area contributed by atoms with E-state index in [0.717, 1.165) is 23.5 Å². The number of hydrogen-bond donors (Lipinski definition) is 2. The van der Waals surface area contributed by atoms with Gasteiger partial charge in [-0.2, -0.15) is 0 Å². The van der Waals surface area contributed by atoms with Gasteiger partial charge in [0.15, 0.2) is 0 Å². The van der Waals surface area contributed by atoms with Gasteiger partial charge in [0.25, 0.3) is 0 Å². The summed E-state index contributed by atoms with van der Waals surface area (Å²) in [6.45, 7) is 0. The molecule has 0 spiro atoms. The highest BCUT2D eigenvalue weighted by atomic mass is 14.7. The maximum absolute atomic E-state index is 5.68. The summed E-state index contributed by atoms with van der Waals surface area (Å²) in [5.41, 5.74) is 15.0. The molecule has 15 heavy (non-hydrogen) atoms. The number of hydrogen-bond acceptors (Lipinski definition) is 3. The molecule has 3 nitrogen and oxygen atoms in total. The molecule has 0 aliphatic heterocycles. The Morgan fingerprint density at radius 2 is 1.67 bits per heavy atom. The average molecular weight is 199 g/mol. The van der Waals surface area contributed by atoms with Crippen molar-refractivity contribution in [3.05, 3.63) is 53.9 Å². The first kappa shape index (κ1) is 9.52. The van der Waals surface area contributed by atoms with Crippen LogP contribution < -0.4 is 11.5 Å². The van der Waals surface area contributed by atoms with Crippen molar-refractivity contribution < 1.29 is 0 Å². The lowest BCUT2D eigenvalue weighted by molar-refractivity contribution is 1.08. The van der Waals surface area contributed by atoms with Crippen molar-refractivity contribution in [3.63, 3.8) is 0 Å². The number of pyridine rings is 1. The first-order chi connectivity index (χ1) is 7.24. The lowest BCUT2D eigenvalue weighted by atomic mass is 10.1. The highest BCUT2D eigenvalue weighted by Gasteiger charge is 1.97. The van der Waals surface area contributed by atoms with Crippen LogP contribution in [0.5, 0.6) is 0 Å². The number of nitrogens with two attached hydrogens (primary N) is 2. The van der Waals surface area contributed by atoms with Crippen LogP contribution in [0.2, 0.25) is 0 Å². The van der Waals surface area contributed by atoms with Crippen molar-refractivity contribution in [1.82, 2.24) is 4.98 Å². The quantitative estimate of drug-likeness (QED) is 0.725. The number of rotatable bonds is 2. The van der Waals surface area contributed by atoms with Crippen molar-refractivity contribution in [2.24, 2.45) is 0 Å². The highest BCUT2D eigenvalue weighted by molar-refractivity contribution is 5.42. The molecule has 1 aromatic heterocycles. The average Bonchev–Trinajstić information content (AvgIpc) is 2.22. The van der Waals surface area contributed by atoms with Crippen LogP contribution in [0.3, 0.4) is 0 Å². The Hall–Kier alpha value is -2.03. The summed E-state index contributed by atoms with van der Waals surface area (Å²) < 4.78 is 0. The molecule has 3 heteroatoms. The van der Waals surface area contributed by atoms with Gasteiger partial charge in [0.1, 0.15) is 0 Å². The second-order valence-electron chi connectivity index (χ2n) is 3.50. The third-order valence-corrected chi connectivity index (χ3v) is 2.21. The molecule has 4 N–H and O–H groups in total. The molecule has 0 aliphatic carbocycles. The van der Waals surface area contributed by atoms with Crippen molar-refractivity contribution in [2.75, 3.05) is 11.5 Å². The Morgan fingerprint density at radius 1 is 0.933 bits per heavy atom. The maximum Gasteiger partial charge on any atom is 0.0467 e. The zero-order valence-electron chi connectivity index (χ0n) is 8.35. The Balaban J connectivity index is 2.18. The number of benzene rings is 1. The number of nitrogen functional groups attached to an aromatic ring is 2. The molecule has 2 aromatic rings. The first-order valence-corrected chi connectivity index (χ1v) is 4.79. The van der Waals surface area contributed by atoms with E-state index in [1.807, 2.05) is 30.3 Å². The SMILES string of the molecule is Nc1ccc(Cc2cc(N)ccn2)cc1. The van der Waals surface area contributed by atoms with Crippen LogP contribution in [0.25, 0.3) is 0 Å². The van der Waals surface area contributed by atoms with Crippen LogP contribution in [0, 0.1) is 0 Å². The van der Waals surface area contributed by atoms with Gasteiger partial charge in [0.2, 0.25) is 0 Å². The molecule has 0 saturated heterocycles. The van der Waals surface area contributed by atoms with Gasteiger partial charge >= 0.3 is 0 Å². The standard InChI is InChI=1S/C12H13N3/c13-10-3-1-9(2-4-10)7-12-8-11(14)5-6-15-12/h1-6,8H,7,13H2,(H2,14,15). The lowest BCUT2D eigenvalue weighted by Gasteiger charge is -2.02. The van der Waals surface area contributed by atoms with Gasteiger partial charge in [-0.25, -0.2) is 0 Å². The van der Waals surface area contributed by atoms with Gasteiger partial charge in [-0.05, 0) is 29.8 Å². The lowest BCUT2D eigenvalue weighted by Crippen LogP contribution is -1.94. The third kappa shape index (κ3) is 2.47. The smallest absolute Gasteiger partial charge is 0.0467 e. The molecule has 0 fully saturated rings. The van der Waals surface area contributed by atoms with Gasteiger partial charge < -0.3 is 11.5 Å². The molecule has 0 unspecified atom stereocenters. The third-order valence-electron chi connectivity index (χ3n) is 2.21. The predicted molar refractivity (Wildman–Crippen MR) is 62.3 cm³/mol. The van der Waals surface area contributed by atoms with Crippen molar-refractivity contribution in [1.29, 1.82) is 0 Å². The van der Waals surface area contributed by atoms with Crippen molar-refractivity contribution in [2.45, 2.75) is 6.42 Å². The van der Waals surface area contributed by atoms with E-state index >= 15 is 0 Å². The molecule has 76 valence electrons. The first-order valence-electron chi connectivity index (χ1n) is 4.79. The summed E-state index contributed by atoms with van der Waals surface area (Å²) in [6, 6.07) is 11.5. The highest BCUT2D eigenvalue weighted by Crippen LogP contribution is 2.11. The Labute approximate surface area is 88.8 Å². The second kappa shape index (κ2) is 4.00. The fourth-order valence-electron chi connectivity index (χ4n) is 1.44. The zero-order chi connectivity index (χ0) is 10.7. The van der Waals surface area contributed by atoms with Crippen LogP contribution in [0.15, 0.2) is 42.6 Å². The fourth-order valence-corrected chi connectivity index (χ4v) is 1.44. The van der Waals surface area contributed by atoms with Gasteiger partial charge in [0.05, 0.1) is 0 Å². The second-order valence-corrected chi connectivity index (χ2v) is 3.50. The molecule has 2 rings (SSSR count). The minimum atomic E-state index is 0.746. The van der Waals surface area contributed by atoms with Crippen LogP contribution in [-0.4, -0.2) is 4.98 Å². The molecule has 0 saturated carbocycles. The Morgan fingerprint density at radius 3 is 2.33 bits per heavy atom. The summed E-state index contributed by atoms with van der Waals surface area (Å²) in [7, 11) is 0. The molecule has 0 radical (unpaired) electrons. The van der Waals surface area contributed by atoms with Crippen LogP contribution in [-0.2, 0) is 6.42 Å². The van der Waals surface area contributed by atoms with E-state index in [1.54, 1.807) is 12.3 Å². The molecular weight excluding hydrogens is 186 g/mol. The van der Waals surface area contributed by atoms with E-state index < -0.39 is 0 Å². The largest absolute Gasteiger partial charge is 0.399 e. The number of aromatic nitrogens is 1. The molecule has 0 amide bonds. The molecule has 0 aliphatic rings. The molecule has 0 bridgehead atoms. The Kier molecular flexibility index (Phi) is 2.54. The summed E-state index contributed by atoms with van der Waals surface area (Å²) >= 11 is 0. The van der Waals surface area contributed by atoms with Crippen molar-refractivity contribution in [3.8, 4) is 0 Å². The molecular formula is C12H13N3. The topological polar surface area (TPSA) is 64.9 Å². The van der Waals surface area contributed by atoms with E-state index in [1.165, 1.54) is 5.56 Å². The van der Waals surface area contributed by atoms with E-state index in [4.69, 9.17) is 11.5 Å². The molecule has 0 atom stereocenters. The van der Waals surface area contributed by atoms with E-state index in [2.05, 4.69) is 4.98 Å². The number of nitrogens with zero attached hydrogens (tertiary/aromatic N) is 1. The van der Waals surface area contributed by atoms with E-state index in [9.17, 15) is 0 Å². The summed E-state index contributed by atoms with van der Waals surface area (Å²) in [4.78, 5) is 4.25. The van der Waals surface area contributed by atoms with E-state index in [-0.39, 0.29) is 0 Å². The molecule has 1 heterocycles. The van der Waals surface area contributed by atoms with Crippen LogP contribution >= 0.6 is 0 Å². The summed E-state index contributed by atoms with van der Waals surface area (Å²) in [5, 5.41) is 0. The predicted octanol–water partition coefficient (Wildman–Crippen LogP) is 1.84. The minimum Gasteiger partial charge on any atom is -0.399 e. The fraction of sp³-hybridized carbons (Fsp3) is 0.0833. The van der Waals surface area contributed by atoms with Gasteiger partial charge in [-0.15, -0.1) is 0 Å². The monoisotopic (exact) mass is 199 g/mol. The summed E-state index contributed by atoms with van der Waals surface area (Å²) in [6.07, 6.45) is 2.51. The minimum absolute atomic E-state index is 0.746. The van der Waals surface area contributed by atoms with Gasteiger partial charge in [0, 0.05) is 29.7 Å². The molecule has 1 aromatic carbocycles. The van der Waals surface area contributed by atoms with E-state index in [0.29, 0.717) is 0 Å².